The molecule has 2 aliphatic heterocycles. The van der Waals surface area contributed by atoms with E-state index >= 15 is 0 Å². The Morgan fingerprint density at radius 1 is 1.32 bits per heavy atom. The number of nitrogens with one attached hydrogen (secondary N) is 1. The topological polar surface area (TPSA) is 24.5 Å². The quantitative estimate of drug-likeness (QED) is 0.849. The summed E-state index contributed by atoms with van der Waals surface area (Å²) in [5.41, 5.74) is 0.464. The molecule has 0 radical (unpaired) electrons. The van der Waals surface area contributed by atoms with Gasteiger partial charge in [0.2, 0.25) is 0 Å². The van der Waals surface area contributed by atoms with Gasteiger partial charge in [-0.05, 0) is 31.6 Å². The lowest BCUT2D eigenvalue weighted by Crippen LogP contribution is -2.66. The second kappa shape index (κ2) is 5.71. The summed E-state index contributed by atoms with van der Waals surface area (Å²) in [4.78, 5) is 2.86. The SMILES string of the molecule is CC(C)CC1CN(C2CCOC2)C2(CCCC2)CN1. The van der Waals surface area contributed by atoms with Crippen LogP contribution in [0.2, 0.25) is 0 Å². The summed E-state index contributed by atoms with van der Waals surface area (Å²) in [5, 5.41) is 3.85. The number of hydrogen-bond donors (Lipinski definition) is 1. The molecule has 1 aliphatic carbocycles. The van der Waals surface area contributed by atoms with E-state index in [9.17, 15) is 0 Å². The van der Waals surface area contributed by atoms with Gasteiger partial charge in [0.25, 0.3) is 0 Å². The summed E-state index contributed by atoms with van der Waals surface area (Å²) in [6, 6.07) is 1.38. The Morgan fingerprint density at radius 3 is 2.74 bits per heavy atom. The van der Waals surface area contributed by atoms with E-state index in [1.807, 2.05) is 0 Å². The van der Waals surface area contributed by atoms with Crippen LogP contribution in [0.5, 0.6) is 0 Å². The third-order valence-corrected chi connectivity index (χ3v) is 5.38. The van der Waals surface area contributed by atoms with E-state index in [0.717, 1.165) is 19.1 Å². The predicted molar refractivity (Wildman–Crippen MR) is 78.4 cm³/mol. The Bertz CT molecular complexity index is 293. The first-order valence-corrected chi connectivity index (χ1v) is 8.27. The van der Waals surface area contributed by atoms with Crippen molar-refractivity contribution >= 4 is 0 Å². The highest BCUT2D eigenvalue weighted by molar-refractivity contribution is 5.04. The van der Waals surface area contributed by atoms with Crippen LogP contribution < -0.4 is 5.32 Å². The maximum atomic E-state index is 5.67. The molecule has 0 bridgehead atoms. The highest BCUT2D eigenvalue weighted by Gasteiger charge is 2.46. The average Bonchev–Trinajstić information content (AvgIpc) is 3.04. The monoisotopic (exact) mass is 266 g/mol. The molecule has 2 unspecified atom stereocenters. The van der Waals surface area contributed by atoms with Crippen molar-refractivity contribution in [2.24, 2.45) is 5.92 Å². The van der Waals surface area contributed by atoms with Crippen molar-refractivity contribution in [1.29, 1.82) is 0 Å². The Morgan fingerprint density at radius 2 is 2.11 bits per heavy atom. The molecule has 2 atom stereocenters. The van der Waals surface area contributed by atoms with Gasteiger partial charge in [-0.3, -0.25) is 4.90 Å². The maximum Gasteiger partial charge on any atom is 0.0622 e. The Hall–Kier alpha value is -0.120. The van der Waals surface area contributed by atoms with Crippen molar-refractivity contribution in [3.05, 3.63) is 0 Å². The Balaban J connectivity index is 1.71. The molecule has 3 fully saturated rings. The fraction of sp³-hybridized carbons (Fsp3) is 1.00. The van der Waals surface area contributed by atoms with Crippen LogP contribution in [-0.4, -0.2) is 48.8 Å². The molecule has 3 nitrogen and oxygen atoms in total. The third-order valence-electron chi connectivity index (χ3n) is 5.38. The number of ether oxygens (including phenoxy) is 1. The van der Waals surface area contributed by atoms with Gasteiger partial charge in [-0.1, -0.05) is 26.7 Å². The van der Waals surface area contributed by atoms with E-state index in [0.29, 0.717) is 17.6 Å². The zero-order valence-corrected chi connectivity index (χ0v) is 12.7. The largest absolute Gasteiger partial charge is 0.380 e. The van der Waals surface area contributed by atoms with Crippen LogP contribution in [-0.2, 0) is 4.74 Å². The van der Waals surface area contributed by atoms with Crippen LogP contribution in [0.3, 0.4) is 0 Å². The molecule has 1 saturated carbocycles. The summed E-state index contributed by atoms with van der Waals surface area (Å²) >= 11 is 0. The fourth-order valence-corrected chi connectivity index (χ4v) is 4.46. The average molecular weight is 266 g/mol. The second-order valence-corrected chi connectivity index (χ2v) is 7.31. The van der Waals surface area contributed by atoms with E-state index in [1.54, 1.807) is 0 Å². The summed E-state index contributed by atoms with van der Waals surface area (Å²) in [6.45, 7) is 9.07. The number of rotatable bonds is 3. The molecule has 19 heavy (non-hydrogen) atoms. The van der Waals surface area contributed by atoms with Gasteiger partial charge in [0.15, 0.2) is 0 Å². The van der Waals surface area contributed by atoms with Crippen molar-refractivity contribution in [3.63, 3.8) is 0 Å². The zero-order valence-electron chi connectivity index (χ0n) is 12.7. The molecule has 2 saturated heterocycles. The van der Waals surface area contributed by atoms with E-state index < -0.39 is 0 Å². The van der Waals surface area contributed by atoms with Gasteiger partial charge in [0, 0.05) is 37.3 Å². The number of piperazine rings is 1. The third kappa shape index (κ3) is 2.84. The summed E-state index contributed by atoms with van der Waals surface area (Å²) in [5.74, 6) is 0.789. The van der Waals surface area contributed by atoms with E-state index in [4.69, 9.17) is 4.74 Å². The lowest BCUT2D eigenvalue weighted by molar-refractivity contribution is -0.00183. The molecule has 0 aromatic carbocycles. The molecule has 1 spiro atoms. The molecule has 3 rings (SSSR count). The zero-order chi connectivity index (χ0) is 13.3. The van der Waals surface area contributed by atoms with Crippen molar-refractivity contribution in [3.8, 4) is 0 Å². The van der Waals surface area contributed by atoms with Crippen molar-refractivity contribution in [2.75, 3.05) is 26.3 Å². The minimum atomic E-state index is 0.464. The maximum absolute atomic E-state index is 5.67. The minimum absolute atomic E-state index is 0.464. The molecule has 0 aromatic rings. The minimum Gasteiger partial charge on any atom is -0.380 e. The van der Waals surface area contributed by atoms with Crippen LogP contribution >= 0.6 is 0 Å². The molecular formula is C16H30N2O. The normalized spacial score (nSPS) is 35.5. The second-order valence-electron chi connectivity index (χ2n) is 7.31. The van der Waals surface area contributed by atoms with Crippen LogP contribution in [0.1, 0.15) is 52.4 Å². The standard InChI is InChI=1S/C16H30N2O/c1-13(2)9-14-10-18(15-5-8-19-11-15)16(12-17-14)6-3-4-7-16/h13-15,17H,3-12H2,1-2H3. The summed E-state index contributed by atoms with van der Waals surface area (Å²) in [6.07, 6.45) is 8.17. The first kappa shape index (κ1) is 13.8. The smallest absolute Gasteiger partial charge is 0.0622 e. The van der Waals surface area contributed by atoms with Gasteiger partial charge in [0.1, 0.15) is 0 Å². The molecule has 3 aliphatic rings. The van der Waals surface area contributed by atoms with Crippen molar-refractivity contribution in [1.82, 2.24) is 10.2 Å². The van der Waals surface area contributed by atoms with Gasteiger partial charge in [-0.25, -0.2) is 0 Å². The van der Waals surface area contributed by atoms with Gasteiger partial charge >= 0.3 is 0 Å². The van der Waals surface area contributed by atoms with Crippen LogP contribution in [0, 0.1) is 5.92 Å². The fourth-order valence-electron chi connectivity index (χ4n) is 4.46. The molecule has 2 heterocycles. The lowest BCUT2D eigenvalue weighted by Gasteiger charge is -2.51. The molecule has 0 aromatic heterocycles. The summed E-state index contributed by atoms with van der Waals surface area (Å²) in [7, 11) is 0. The van der Waals surface area contributed by atoms with E-state index in [-0.39, 0.29) is 0 Å². The lowest BCUT2D eigenvalue weighted by atomic mass is 9.87. The molecule has 1 N–H and O–H groups in total. The highest BCUT2D eigenvalue weighted by atomic mass is 16.5. The van der Waals surface area contributed by atoms with Gasteiger partial charge in [-0.2, -0.15) is 0 Å². The predicted octanol–water partition coefficient (Wildman–Crippen LogP) is 2.41. The van der Waals surface area contributed by atoms with Crippen molar-refractivity contribution < 1.29 is 4.74 Å². The first-order valence-electron chi connectivity index (χ1n) is 8.27. The van der Waals surface area contributed by atoms with Gasteiger partial charge < -0.3 is 10.1 Å². The number of nitrogens with zero attached hydrogens (tertiary/aromatic N) is 1. The molecular weight excluding hydrogens is 236 g/mol. The first-order chi connectivity index (χ1) is 9.20. The Kier molecular flexibility index (Phi) is 4.16. The van der Waals surface area contributed by atoms with Crippen LogP contribution in [0.25, 0.3) is 0 Å². The Labute approximate surface area is 118 Å². The van der Waals surface area contributed by atoms with Gasteiger partial charge in [-0.15, -0.1) is 0 Å². The van der Waals surface area contributed by atoms with E-state index in [1.165, 1.54) is 51.6 Å². The van der Waals surface area contributed by atoms with Crippen molar-refractivity contribution in [2.45, 2.75) is 70.0 Å². The molecule has 0 amide bonds. The van der Waals surface area contributed by atoms with Gasteiger partial charge in [0.05, 0.1) is 6.61 Å². The highest BCUT2D eigenvalue weighted by Crippen LogP contribution is 2.39. The number of hydrogen-bond acceptors (Lipinski definition) is 3. The molecule has 3 heteroatoms. The van der Waals surface area contributed by atoms with Crippen LogP contribution in [0.4, 0.5) is 0 Å². The van der Waals surface area contributed by atoms with Crippen LogP contribution in [0.15, 0.2) is 0 Å². The van der Waals surface area contributed by atoms with E-state index in [2.05, 4.69) is 24.1 Å². The summed E-state index contributed by atoms with van der Waals surface area (Å²) < 4.78 is 5.67. The molecule has 110 valence electrons.